The maximum absolute atomic E-state index is 9.48. The highest BCUT2D eigenvalue weighted by atomic mass is 16.3. The molecule has 1 unspecified atom stereocenters. The van der Waals surface area contributed by atoms with Crippen LogP contribution in [-0.4, -0.2) is 11.1 Å². The number of nitrogens with one attached hydrogen (secondary N) is 1. The third kappa shape index (κ3) is 3.53. The van der Waals surface area contributed by atoms with E-state index in [1.165, 1.54) is 5.56 Å². The van der Waals surface area contributed by atoms with E-state index in [0.29, 0.717) is 17.8 Å². The SMILES string of the molecule is CCC(CC)NC(CC)c1cccc(O)c1. The minimum absolute atomic E-state index is 0.344. The third-order valence-corrected chi connectivity index (χ3v) is 3.10. The van der Waals surface area contributed by atoms with Crippen LogP contribution in [0.25, 0.3) is 0 Å². The Balaban J connectivity index is 2.74. The Morgan fingerprint density at radius 3 is 2.31 bits per heavy atom. The van der Waals surface area contributed by atoms with Gasteiger partial charge in [-0.15, -0.1) is 0 Å². The molecule has 0 bridgehead atoms. The Morgan fingerprint density at radius 1 is 1.12 bits per heavy atom. The van der Waals surface area contributed by atoms with Crippen LogP contribution >= 0.6 is 0 Å². The lowest BCUT2D eigenvalue weighted by molar-refractivity contribution is 0.405. The van der Waals surface area contributed by atoms with Crippen molar-refractivity contribution in [1.29, 1.82) is 0 Å². The molecule has 2 heteroatoms. The molecule has 0 saturated heterocycles. The second-order valence-electron chi connectivity index (χ2n) is 4.24. The van der Waals surface area contributed by atoms with Gasteiger partial charge in [0, 0.05) is 12.1 Å². The number of aromatic hydroxyl groups is 1. The molecule has 2 N–H and O–H groups in total. The number of hydrogen-bond donors (Lipinski definition) is 2. The molecule has 1 aromatic carbocycles. The Labute approximate surface area is 98.7 Å². The Bertz CT molecular complexity index is 307. The normalized spacial score (nSPS) is 13.0. The second-order valence-corrected chi connectivity index (χ2v) is 4.24. The van der Waals surface area contributed by atoms with Gasteiger partial charge in [-0.2, -0.15) is 0 Å². The zero-order chi connectivity index (χ0) is 12.0. The number of rotatable bonds is 6. The summed E-state index contributed by atoms with van der Waals surface area (Å²) in [4.78, 5) is 0. The maximum Gasteiger partial charge on any atom is 0.115 e. The van der Waals surface area contributed by atoms with Gasteiger partial charge in [-0.1, -0.05) is 32.9 Å². The van der Waals surface area contributed by atoms with Crippen LogP contribution < -0.4 is 5.32 Å². The van der Waals surface area contributed by atoms with Crippen molar-refractivity contribution in [2.75, 3.05) is 0 Å². The lowest BCUT2D eigenvalue weighted by atomic mass is 10.0. The molecular weight excluding hydrogens is 198 g/mol. The van der Waals surface area contributed by atoms with Gasteiger partial charge in [0.05, 0.1) is 0 Å². The van der Waals surface area contributed by atoms with E-state index in [1.807, 2.05) is 12.1 Å². The second kappa shape index (κ2) is 6.54. The minimum Gasteiger partial charge on any atom is -0.508 e. The average molecular weight is 221 g/mol. The third-order valence-electron chi connectivity index (χ3n) is 3.10. The van der Waals surface area contributed by atoms with Crippen LogP contribution in [0, 0.1) is 0 Å². The fourth-order valence-electron chi connectivity index (χ4n) is 2.00. The summed E-state index contributed by atoms with van der Waals surface area (Å²) in [5.41, 5.74) is 1.18. The van der Waals surface area contributed by atoms with Gasteiger partial charge in [-0.3, -0.25) is 0 Å². The maximum atomic E-state index is 9.48. The van der Waals surface area contributed by atoms with Crippen LogP contribution in [-0.2, 0) is 0 Å². The predicted molar refractivity (Wildman–Crippen MR) is 68.6 cm³/mol. The minimum atomic E-state index is 0.344. The van der Waals surface area contributed by atoms with Crippen LogP contribution in [0.15, 0.2) is 24.3 Å². The summed E-state index contributed by atoms with van der Waals surface area (Å²) < 4.78 is 0. The van der Waals surface area contributed by atoms with Crippen molar-refractivity contribution in [3.8, 4) is 5.75 Å². The molecule has 0 radical (unpaired) electrons. The van der Waals surface area contributed by atoms with Crippen LogP contribution in [0.5, 0.6) is 5.75 Å². The molecule has 1 rings (SSSR count). The summed E-state index contributed by atoms with van der Waals surface area (Å²) in [5, 5.41) is 13.1. The van der Waals surface area contributed by atoms with Crippen molar-refractivity contribution in [2.24, 2.45) is 0 Å². The monoisotopic (exact) mass is 221 g/mol. The van der Waals surface area contributed by atoms with E-state index in [2.05, 4.69) is 32.2 Å². The molecule has 0 saturated carbocycles. The molecule has 1 atom stereocenters. The highest BCUT2D eigenvalue weighted by Gasteiger charge is 2.13. The van der Waals surface area contributed by atoms with Gasteiger partial charge in [0.15, 0.2) is 0 Å². The van der Waals surface area contributed by atoms with Gasteiger partial charge in [-0.05, 0) is 37.0 Å². The lowest BCUT2D eigenvalue weighted by Gasteiger charge is -2.23. The molecule has 16 heavy (non-hydrogen) atoms. The van der Waals surface area contributed by atoms with Crippen LogP contribution in [0.1, 0.15) is 51.6 Å². The fraction of sp³-hybridized carbons (Fsp3) is 0.571. The van der Waals surface area contributed by atoms with Gasteiger partial charge in [0.2, 0.25) is 0 Å². The molecular formula is C14H23NO. The van der Waals surface area contributed by atoms with Gasteiger partial charge in [0.25, 0.3) is 0 Å². The molecule has 0 fully saturated rings. The quantitative estimate of drug-likeness (QED) is 0.769. The first-order valence-electron chi connectivity index (χ1n) is 6.26. The van der Waals surface area contributed by atoms with E-state index in [4.69, 9.17) is 0 Å². The van der Waals surface area contributed by atoms with Crippen LogP contribution in [0.4, 0.5) is 0 Å². The van der Waals surface area contributed by atoms with Crippen molar-refractivity contribution in [3.63, 3.8) is 0 Å². The summed E-state index contributed by atoms with van der Waals surface area (Å²) in [6.45, 7) is 6.58. The summed E-state index contributed by atoms with van der Waals surface area (Å²) in [6, 6.07) is 8.45. The van der Waals surface area contributed by atoms with Gasteiger partial charge in [-0.25, -0.2) is 0 Å². The lowest BCUT2D eigenvalue weighted by Crippen LogP contribution is -2.31. The standard InChI is InChI=1S/C14H23NO/c1-4-12(5-2)15-14(6-3)11-8-7-9-13(16)10-11/h7-10,12,14-16H,4-6H2,1-3H3. The van der Waals surface area contributed by atoms with Crippen LogP contribution in [0.3, 0.4) is 0 Å². The molecule has 1 aromatic rings. The highest BCUT2D eigenvalue weighted by molar-refractivity contribution is 5.29. The van der Waals surface area contributed by atoms with Crippen molar-refractivity contribution in [2.45, 2.75) is 52.1 Å². The molecule has 0 spiro atoms. The molecule has 0 aromatic heterocycles. The molecule has 0 aliphatic carbocycles. The van der Waals surface area contributed by atoms with Crippen molar-refractivity contribution >= 4 is 0 Å². The largest absolute Gasteiger partial charge is 0.508 e. The number of benzene rings is 1. The summed E-state index contributed by atoms with van der Waals surface area (Å²) >= 11 is 0. The molecule has 2 nitrogen and oxygen atoms in total. The molecule has 0 aliphatic rings. The predicted octanol–water partition coefficient (Wildman–Crippen LogP) is 3.62. The summed E-state index contributed by atoms with van der Waals surface area (Å²) in [5.74, 6) is 0.349. The van der Waals surface area contributed by atoms with Crippen LogP contribution in [0.2, 0.25) is 0 Å². The Morgan fingerprint density at radius 2 is 1.81 bits per heavy atom. The first kappa shape index (κ1) is 13.0. The number of phenolic OH excluding ortho intramolecular Hbond substituents is 1. The molecule has 90 valence electrons. The smallest absolute Gasteiger partial charge is 0.115 e. The average Bonchev–Trinajstić information content (AvgIpc) is 2.31. The number of phenols is 1. The Hall–Kier alpha value is -1.02. The highest BCUT2D eigenvalue weighted by Crippen LogP contribution is 2.21. The molecule has 0 heterocycles. The van der Waals surface area contributed by atoms with Gasteiger partial charge < -0.3 is 10.4 Å². The zero-order valence-corrected chi connectivity index (χ0v) is 10.5. The van der Waals surface area contributed by atoms with E-state index in [1.54, 1.807) is 6.07 Å². The van der Waals surface area contributed by atoms with E-state index in [9.17, 15) is 5.11 Å². The van der Waals surface area contributed by atoms with E-state index in [0.717, 1.165) is 19.3 Å². The first-order chi connectivity index (χ1) is 7.71. The first-order valence-corrected chi connectivity index (χ1v) is 6.26. The van der Waals surface area contributed by atoms with Gasteiger partial charge in [0.1, 0.15) is 5.75 Å². The molecule has 0 aliphatic heterocycles. The van der Waals surface area contributed by atoms with Crippen molar-refractivity contribution in [1.82, 2.24) is 5.32 Å². The van der Waals surface area contributed by atoms with E-state index >= 15 is 0 Å². The summed E-state index contributed by atoms with van der Waals surface area (Å²) in [6.07, 6.45) is 3.33. The number of hydrogen-bond acceptors (Lipinski definition) is 2. The van der Waals surface area contributed by atoms with E-state index < -0.39 is 0 Å². The fourth-order valence-corrected chi connectivity index (χ4v) is 2.00. The Kier molecular flexibility index (Phi) is 5.33. The van der Waals surface area contributed by atoms with Gasteiger partial charge >= 0.3 is 0 Å². The summed E-state index contributed by atoms with van der Waals surface area (Å²) in [7, 11) is 0. The zero-order valence-electron chi connectivity index (χ0n) is 10.5. The van der Waals surface area contributed by atoms with E-state index in [-0.39, 0.29) is 0 Å². The van der Waals surface area contributed by atoms with Crippen molar-refractivity contribution < 1.29 is 5.11 Å². The topological polar surface area (TPSA) is 32.3 Å². The molecule has 0 amide bonds. The van der Waals surface area contributed by atoms with Crippen molar-refractivity contribution in [3.05, 3.63) is 29.8 Å².